The first-order chi connectivity index (χ1) is 11.0. The van der Waals surface area contributed by atoms with Crippen LogP contribution in [0.3, 0.4) is 0 Å². The predicted molar refractivity (Wildman–Crippen MR) is 107 cm³/mol. The number of carbonyl (C=O) groups excluding carboxylic acids is 1. The van der Waals surface area contributed by atoms with Crippen LogP contribution in [-0.4, -0.2) is 42.4 Å². The first-order valence-corrected chi connectivity index (χ1v) is 8.00. The summed E-state index contributed by atoms with van der Waals surface area (Å²) in [5, 5.41) is 11.0. The number of aliphatic imine (C=N–C) groups is 1. The highest BCUT2D eigenvalue weighted by atomic mass is 127. The van der Waals surface area contributed by atoms with Gasteiger partial charge in [0.05, 0.1) is 12.8 Å². The summed E-state index contributed by atoms with van der Waals surface area (Å²) in [7, 11) is 5.13. The number of nitrogens with one attached hydrogen (secondary N) is 2. The number of halogens is 1. The molecule has 1 heterocycles. The van der Waals surface area contributed by atoms with E-state index in [0.29, 0.717) is 13.0 Å². The van der Waals surface area contributed by atoms with E-state index in [1.807, 2.05) is 18.7 Å². The number of aromatic nitrogens is 2. The second-order valence-corrected chi connectivity index (χ2v) is 5.51. The van der Waals surface area contributed by atoms with Crippen LogP contribution in [0.25, 0.3) is 0 Å². The molecule has 7 nitrogen and oxygen atoms in total. The molecular formula is C16H30IN5O2. The lowest BCUT2D eigenvalue weighted by Gasteiger charge is -2.12. The Kier molecular flexibility index (Phi) is 11.4. The first kappa shape index (κ1) is 22.7. The molecule has 1 aromatic heterocycles. The summed E-state index contributed by atoms with van der Waals surface area (Å²) < 4.78 is 6.51. The van der Waals surface area contributed by atoms with Crippen LogP contribution in [0.5, 0.6) is 0 Å². The third kappa shape index (κ3) is 7.50. The van der Waals surface area contributed by atoms with Crippen molar-refractivity contribution < 1.29 is 9.53 Å². The van der Waals surface area contributed by atoms with E-state index in [1.165, 1.54) is 12.7 Å². The van der Waals surface area contributed by atoms with E-state index in [9.17, 15) is 4.79 Å². The summed E-state index contributed by atoms with van der Waals surface area (Å²) in [6, 6.07) is 0. The summed E-state index contributed by atoms with van der Waals surface area (Å²) in [4.78, 5) is 15.2. The zero-order valence-electron chi connectivity index (χ0n) is 15.3. The number of hydrogen-bond acceptors (Lipinski definition) is 4. The van der Waals surface area contributed by atoms with Crippen molar-refractivity contribution in [3.05, 3.63) is 17.0 Å². The molecule has 24 heavy (non-hydrogen) atoms. The van der Waals surface area contributed by atoms with Crippen molar-refractivity contribution in [2.24, 2.45) is 12.0 Å². The van der Waals surface area contributed by atoms with Gasteiger partial charge in [0.1, 0.15) is 0 Å². The SMILES string of the molecule is CN=C(NCCCCCC(=O)OC)NCc1c(C)nn(C)c1C.I. The lowest BCUT2D eigenvalue weighted by Crippen LogP contribution is -2.37. The van der Waals surface area contributed by atoms with Gasteiger partial charge in [0.2, 0.25) is 0 Å². The van der Waals surface area contributed by atoms with E-state index in [1.54, 1.807) is 7.05 Å². The van der Waals surface area contributed by atoms with E-state index >= 15 is 0 Å². The minimum absolute atomic E-state index is 0. The maximum atomic E-state index is 11.0. The number of carbonyl (C=O) groups is 1. The van der Waals surface area contributed by atoms with Crippen molar-refractivity contribution >= 4 is 35.9 Å². The summed E-state index contributed by atoms with van der Waals surface area (Å²) in [6.07, 6.45) is 3.32. The third-order valence-corrected chi connectivity index (χ3v) is 3.89. The van der Waals surface area contributed by atoms with Crippen molar-refractivity contribution in [2.45, 2.75) is 46.1 Å². The second kappa shape index (κ2) is 12.1. The van der Waals surface area contributed by atoms with Crippen LogP contribution >= 0.6 is 24.0 Å². The summed E-state index contributed by atoms with van der Waals surface area (Å²) in [5.41, 5.74) is 3.40. The highest BCUT2D eigenvalue weighted by Crippen LogP contribution is 2.10. The van der Waals surface area contributed by atoms with Crippen molar-refractivity contribution in [2.75, 3.05) is 20.7 Å². The average molecular weight is 451 g/mol. The van der Waals surface area contributed by atoms with Gasteiger partial charge in [-0.2, -0.15) is 5.10 Å². The molecule has 0 aliphatic carbocycles. The van der Waals surface area contributed by atoms with E-state index in [-0.39, 0.29) is 29.9 Å². The molecule has 0 saturated heterocycles. The van der Waals surface area contributed by atoms with Crippen molar-refractivity contribution in [1.82, 2.24) is 20.4 Å². The molecule has 1 rings (SSSR count). The minimum Gasteiger partial charge on any atom is -0.469 e. The molecule has 0 amide bonds. The summed E-state index contributed by atoms with van der Waals surface area (Å²) >= 11 is 0. The maximum absolute atomic E-state index is 11.0. The fourth-order valence-corrected chi connectivity index (χ4v) is 2.35. The fraction of sp³-hybridized carbons (Fsp3) is 0.688. The average Bonchev–Trinajstić information content (AvgIpc) is 2.78. The van der Waals surface area contributed by atoms with Crippen LogP contribution in [0.4, 0.5) is 0 Å². The van der Waals surface area contributed by atoms with E-state index in [0.717, 1.165) is 43.2 Å². The smallest absolute Gasteiger partial charge is 0.305 e. The molecule has 2 N–H and O–H groups in total. The monoisotopic (exact) mass is 451 g/mol. The van der Waals surface area contributed by atoms with Gasteiger partial charge in [0.15, 0.2) is 5.96 Å². The number of rotatable bonds is 8. The van der Waals surface area contributed by atoms with Crippen molar-refractivity contribution in [1.29, 1.82) is 0 Å². The molecule has 1 aromatic rings. The molecule has 0 aliphatic rings. The van der Waals surface area contributed by atoms with Crippen LogP contribution in [0.15, 0.2) is 4.99 Å². The molecule has 0 atom stereocenters. The third-order valence-electron chi connectivity index (χ3n) is 3.89. The summed E-state index contributed by atoms with van der Waals surface area (Å²) in [5.74, 6) is 0.637. The molecule has 0 spiro atoms. The van der Waals surface area contributed by atoms with Gasteiger partial charge >= 0.3 is 5.97 Å². The van der Waals surface area contributed by atoms with Crippen LogP contribution < -0.4 is 10.6 Å². The standard InChI is InChI=1S/C16H29N5O2.HI/c1-12-14(13(2)21(4)20-12)11-19-16(17-3)18-10-8-6-7-9-15(22)23-5;/h6-11H2,1-5H3,(H2,17,18,19);1H. The van der Waals surface area contributed by atoms with Crippen molar-refractivity contribution in [3.8, 4) is 0 Å². The minimum atomic E-state index is -0.141. The number of hydrogen-bond donors (Lipinski definition) is 2. The van der Waals surface area contributed by atoms with Crippen LogP contribution in [0.1, 0.15) is 42.6 Å². The van der Waals surface area contributed by atoms with Gasteiger partial charge < -0.3 is 15.4 Å². The number of guanidine groups is 1. The molecular weight excluding hydrogens is 421 g/mol. The van der Waals surface area contributed by atoms with Gasteiger partial charge in [0.25, 0.3) is 0 Å². The molecule has 138 valence electrons. The molecule has 0 saturated carbocycles. The Morgan fingerprint density at radius 2 is 1.96 bits per heavy atom. The number of aryl methyl sites for hydroxylation is 2. The molecule has 0 unspecified atom stereocenters. The maximum Gasteiger partial charge on any atom is 0.305 e. The number of methoxy groups -OCH3 is 1. The Morgan fingerprint density at radius 1 is 1.25 bits per heavy atom. The normalized spacial score (nSPS) is 11.0. The Bertz CT molecular complexity index is 543. The van der Waals surface area contributed by atoms with Crippen LogP contribution in [0, 0.1) is 13.8 Å². The summed E-state index contributed by atoms with van der Waals surface area (Å²) in [6.45, 7) is 5.61. The Balaban J connectivity index is 0.00000529. The first-order valence-electron chi connectivity index (χ1n) is 8.00. The molecule has 0 fully saturated rings. The lowest BCUT2D eigenvalue weighted by atomic mass is 10.2. The molecule has 0 bridgehead atoms. The van der Waals surface area contributed by atoms with Crippen LogP contribution in [0.2, 0.25) is 0 Å². The largest absolute Gasteiger partial charge is 0.469 e. The quantitative estimate of drug-likeness (QED) is 0.208. The van der Waals surface area contributed by atoms with Gasteiger partial charge in [-0.05, 0) is 26.7 Å². The molecule has 0 aliphatic heterocycles. The number of ether oxygens (including phenoxy) is 1. The zero-order valence-corrected chi connectivity index (χ0v) is 17.6. The highest BCUT2D eigenvalue weighted by molar-refractivity contribution is 14.0. The Morgan fingerprint density at radius 3 is 2.50 bits per heavy atom. The van der Waals surface area contributed by atoms with Gasteiger partial charge in [-0.3, -0.25) is 14.5 Å². The van der Waals surface area contributed by atoms with Crippen LogP contribution in [-0.2, 0) is 23.1 Å². The number of unbranched alkanes of at least 4 members (excludes halogenated alkanes) is 2. The highest BCUT2D eigenvalue weighted by Gasteiger charge is 2.09. The second-order valence-electron chi connectivity index (χ2n) is 5.51. The number of esters is 1. The van der Waals surface area contributed by atoms with E-state index in [2.05, 4.69) is 32.4 Å². The molecule has 0 aromatic carbocycles. The molecule has 8 heteroatoms. The van der Waals surface area contributed by atoms with Gasteiger partial charge in [-0.25, -0.2) is 0 Å². The lowest BCUT2D eigenvalue weighted by molar-refractivity contribution is -0.140. The topological polar surface area (TPSA) is 80.5 Å². The van der Waals surface area contributed by atoms with Gasteiger partial charge in [0, 0.05) is 44.9 Å². The number of nitrogens with zero attached hydrogens (tertiary/aromatic N) is 3. The van der Waals surface area contributed by atoms with E-state index < -0.39 is 0 Å². The Hall–Kier alpha value is -1.32. The van der Waals surface area contributed by atoms with Gasteiger partial charge in [-0.15, -0.1) is 24.0 Å². The predicted octanol–water partition coefficient (Wildman–Crippen LogP) is 2.05. The fourth-order valence-electron chi connectivity index (χ4n) is 2.35. The zero-order chi connectivity index (χ0) is 17.2. The molecule has 0 radical (unpaired) electrons. The Labute approximate surface area is 161 Å². The van der Waals surface area contributed by atoms with E-state index in [4.69, 9.17) is 0 Å². The van der Waals surface area contributed by atoms with Gasteiger partial charge in [-0.1, -0.05) is 6.42 Å². The van der Waals surface area contributed by atoms with Crippen molar-refractivity contribution in [3.63, 3.8) is 0 Å².